The molecule has 0 spiro atoms. The van der Waals surface area contributed by atoms with Crippen LogP contribution in [0.2, 0.25) is 0 Å². The normalized spacial score (nSPS) is 14.4. The zero-order valence-electron chi connectivity index (χ0n) is 36.6. The molecule has 0 saturated carbocycles. The summed E-state index contributed by atoms with van der Waals surface area (Å²) < 4.78 is 95.6. The Labute approximate surface area is 304 Å². The zero-order valence-corrected chi connectivity index (χ0v) is 26.6. The molecular formula is C48H32N2. The van der Waals surface area contributed by atoms with Gasteiger partial charge in [0, 0.05) is 32.9 Å². The zero-order chi connectivity index (χ0) is 41.7. The summed E-state index contributed by atoms with van der Waals surface area (Å²) in [6, 6.07) is 38.5. The van der Waals surface area contributed by atoms with Crippen molar-refractivity contribution in [1.82, 2.24) is 9.13 Å². The van der Waals surface area contributed by atoms with Crippen molar-refractivity contribution in [3.05, 3.63) is 194 Å². The van der Waals surface area contributed by atoms with Gasteiger partial charge in [0.2, 0.25) is 0 Å². The molecule has 0 N–H and O–H groups in total. The Morgan fingerprint density at radius 3 is 1.20 bits per heavy atom. The molecule has 50 heavy (non-hydrogen) atoms. The molecule has 0 radical (unpaired) electrons. The van der Waals surface area contributed by atoms with E-state index in [4.69, 9.17) is 5.48 Å². The minimum Gasteiger partial charge on any atom is -0.309 e. The Balaban J connectivity index is 1.43. The van der Waals surface area contributed by atoms with Crippen LogP contribution in [0.1, 0.15) is 13.7 Å². The van der Waals surface area contributed by atoms with Crippen molar-refractivity contribution in [3.63, 3.8) is 0 Å². The first-order chi connectivity index (χ1) is 29.0. The van der Waals surface area contributed by atoms with E-state index in [1.807, 2.05) is 133 Å². The summed E-state index contributed by atoms with van der Waals surface area (Å²) in [5.41, 5.74) is 6.66. The number of hydrogen-bond acceptors (Lipinski definition) is 0. The first-order valence-corrected chi connectivity index (χ1v) is 16.4. The second kappa shape index (κ2) is 11.5. The third-order valence-corrected chi connectivity index (χ3v) is 9.38. The Bertz CT molecular complexity index is 3340. The number of para-hydroxylation sites is 2. The molecule has 0 saturated heterocycles. The van der Waals surface area contributed by atoms with Crippen molar-refractivity contribution < 1.29 is 13.7 Å². The van der Waals surface area contributed by atoms with E-state index in [0.29, 0.717) is 11.4 Å². The van der Waals surface area contributed by atoms with E-state index in [1.54, 1.807) is 9.13 Å². The van der Waals surface area contributed by atoms with Gasteiger partial charge >= 0.3 is 0 Å². The van der Waals surface area contributed by atoms with Crippen molar-refractivity contribution >= 4 is 43.6 Å². The van der Waals surface area contributed by atoms with Crippen LogP contribution < -0.4 is 0 Å². The second-order valence-electron chi connectivity index (χ2n) is 12.2. The van der Waals surface area contributed by atoms with E-state index in [-0.39, 0.29) is 79.9 Å². The lowest BCUT2D eigenvalue weighted by atomic mass is 9.98. The van der Waals surface area contributed by atoms with Gasteiger partial charge in [-0.2, -0.15) is 0 Å². The molecule has 0 fully saturated rings. The van der Waals surface area contributed by atoms with Gasteiger partial charge in [-0.05, 0) is 87.9 Å². The molecule has 2 nitrogen and oxygen atoms in total. The van der Waals surface area contributed by atoms with Crippen LogP contribution in [-0.2, 0) is 0 Å². The Kier molecular flexibility index (Phi) is 4.60. The van der Waals surface area contributed by atoms with Crippen LogP contribution in [0, 0.1) is 0 Å². The molecule has 0 aliphatic carbocycles. The molecule has 0 aliphatic heterocycles. The van der Waals surface area contributed by atoms with Crippen LogP contribution in [0.3, 0.4) is 0 Å². The fourth-order valence-electron chi connectivity index (χ4n) is 7.12. The summed E-state index contributed by atoms with van der Waals surface area (Å²) in [4.78, 5) is 0. The minimum atomic E-state index is -0.494. The van der Waals surface area contributed by atoms with Gasteiger partial charge in [-0.1, -0.05) is 139 Å². The molecule has 2 heterocycles. The highest BCUT2D eigenvalue weighted by Gasteiger charge is 2.21. The van der Waals surface area contributed by atoms with Crippen molar-refractivity contribution in [3.8, 4) is 44.8 Å². The van der Waals surface area contributed by atoms with E-state index in [2.05, 4.69) is 0 Å². The monoisotopic (exact) mass is 646 g/mol. The Morgan fingerprint density at radius 1 is 0.320 bits per heavy atom. The molecule has 0 unspecified atom stereocenters. The van der Waals surface area contributed by atoms with E-state index < -0.39 is 24.2 Å². The third kappa shape index (κ3) is 4.50. The summed E-state index contributed by atoms with van der Waals surface area (Å²) in [5, 5.41) is 0.536. The second-order valence-corrected chi connectivity index (χ2v) is 12.2. The number of aromatic nitrogens is 2. The fraction of sp³-hybridized carbons (Fsp3) is 0. The van der Waals surface area contributed by atoms with Crippen LogP contribution in [0.5, 0.6) is 0 Å². The van der Waals surface area contributed by atoms with E-state index in [9.17, 15) is 8.22 Å². The fourth-order valence-corrected chi connectivity index (χ4v) is 7.12. The molecule has 234 valence electrons. The SMILES string of the molecule is [2H]c1c([2H])c([2H])c2c(c1[2H])c1c3c4c([2H])c([2H])c([2H])c([2H])c4n(-c4cc(-c5ccccc5)cc(-c5ccccc5)c4)c3c([2H])c([2H])c1n2-c1ccc(-c2ccccc2)cc1. The number of rotatable bonds is 5. The Morgan fingerprint density at radius 2 is 0.720 bits per heavy atom. The summed E-state index contributed by atoms with van der Waals surface area (Å²) in [6.07, 6.45) is 0. The summed E-state index contributed by atoms with van der Waals surface area (Å²) in [6.45, 7) is 0. The van der Waals surface area contributed by atoms with Gasteiger partial charge in [0.15, 0.2) is 0 Å². The van der Waals surface area contributed by atoms with Gasteiger partial charge in [0.25, 0.3) is 0 Å². The number of hydrogen-bond donors (Lipinski definition) is 0. The van der Waals surface area contributed by atoms with Gasteiger partial charge < -0.3 is 9.13 Å². The third-order valence-electron chi connectivity index (χ3n) is 9.38. The summed E-state index contributed by atoms with van der Waals surface area (Å²) in [7, 11) is 0. The van der Waals surface area contributed by atoms with Gasteiger partial charge in [-0.3, -0.25) is 0 Å². The predicted octanol–water partition coefficient (Wildman–Crippen LogP) is 12.9. The molecule has 2 aromatic heterocycles. The van der Waals surface area contributed by atoms with Crippen LogP contribution in [0.15, 0.2) is 194 Å². The highest BCUT2D eigenvalue weighted by atomic mass is 15.0. The highest BCUT2D eigenvalue weighted by molar-refractivity contribution is 6.28. The largest absolute Gasteiger partial charge is 0.309 e. The molecule has 8 aromatic carbocycles. The molecule has 2 heteroatoms. The Hall–Kier alpha value is -6.64. The lowest BCUT2D eigenvalue weighted by Crippen LogP contribution is -1.96. The molecule has 0 aliphatic rings. The average molecular weight is 647 g/mol. The number of fused-ring (bicyclic) bond motifs is 7. The van der Waals surface area contributed by atoms with Crippen molar-refractivity contribution in [2.75, 3.05) is 0 Å². The topological polar surface area (TPSA) is 9.86 Å². The standard InChI is InChI=1S/C48H32N2/c1-4-14-33(15-5-1)36-24-26-39(27-25-36)49-43-22-12-10-20-41(43)47-45(49)28-29-46-48(47)42-21-11-13-23-44(42)50(46)40-31-37(34-16-6-2-7-17-34)30-38(32-40)35-18-8-3-9-19-35/h1-32H/i10D,11D,12D,13D,20D,21D,22D,23D,28D,29D. The van der Waals surface area contributed by atoms with Crippen LogP contribution in [0.25, 0.3) is 88.4 Å². The lowest BCUT2D eigenvalue weighted by molar-refractivity contribution is 1.17. The van der Waals surface area contributed by atoms with E-state index >= 15 is 0 Å². The lowest BCUT2D eigenvalue weighted by Gasteiger charge is -2.14. The maximum atomic E-state index is 9.84. The van der Waals surface area contributed by atoms with Crippen molar-refractivity contribution in [2.45, 2.75) is 0 Å². The van der Waals surface area contributed by atoms with E-state index in [0.717, 1.165) is 33.4 Å². The average Bonchev–Trinajstić information content (AvgIpc) is 3.84. The van der Waals surface area contributed by atoms with Crippen LogP contribution >= 0.6 is 0 Å². The molecule has 0 bridgehead atoms. The van der Waals surface area contributed by atoms with Gasteiger partial charge in [0.1, 0.15) is 0 Å². The summed E-state index contributed by atoms with van der Waals surface area (Å²) in [5.74, 6) is 0. The first kappa shape index (κ1) is 20.0. The smallest absolute Gasteiger partial charge is 0.0646 e. The van der Waals surface area contributed by atoms with Gasteiger partial charge in [0.05, 0.1) is 35.8 Å². The molecule has 10 rings (SSSR count). The predicted molar refractivity (Wildman–Crippen MR) is 211 cm³/mol. The maximum Gasteiger partial charge on any atom is 0.0646 e. The molecule has 0 atom stereocenters. The van der Waals surface area contributed by atoms with Crippen molar-refractivity contribution in [2.24, 2.45) is 0 Å². The maximum absolute atomic E-state index is 9.84. The first-order valence-electron chi connectivity index (χ1n) is 21.4. The minimum absolute atomic E-state index is 0.0757. The molecule has 10 aromatic rings. The van der Waals surface area contributed by atoms with Crippen LogP contribution in [-0.4, -0.2) is 9.13 Å². The van der Waals surface area contributed by atoms with Gasteiger partial charge in [-0.25, -0.2) is 0 Å². The number of nitrogens with zero attached hydrogens (tertiary/aromatic N) is 2. The summed E-state index contributed by atoms with van der Waals surface area (Å²) >= 11 is 0. The highest BCUT2D eigenvalue weighted by Crippen LogP contribution is 2.43. The molecule has 0 amide bonds. The number of benzene rings is 8. The van der Waals surface area contributed by atoms with E-state index in [1.165, 1.54) is 0 Å². The molecular weight excluding hydrogens is 605 g/mol. The van der Waals surface area contributed by atoms with Gasteiger partial charge in [-0.15, -0.1) is 0 Å². The van der Waals surface area contributed by atoms with Crippen LogP contribution in [0.4, 0.5) is 0 Å². The quantitative estimate of drug-likeness (QED) is 0.176. The van der Waals surface area contributed by atoms with Crippen molar-refractivity contribution in [1.29, 1.82) is 0 Å².